The van der Waals surface area contributed by atoms with Gasteiger partial charge in [-0.1, -0.05) is 75.7 Å². The van der Waals surface area contributed by atoms with Crippen molar-refractivity contribution in [2.75, 3.05) is 0 Å². The van der Waals surface area contributed by atoms with E-state index in [-0.39, 0.29) is 0 Å². The quantitative estimate of drug-likeness (QED) is 0.571. The van der Waals surface area contributed by atoms with Crippen LogP contribution in [0, 0.1) is 11.8 Å². The fraction of sp³-hybridized carbons (Fsp3) is 0.733. The van der Waals surface area contributed by atoms with E-state index in [2.05, 4.69) is 24.3 Å². The first-order valence-electron chi connectivity index (χ1n) is 6.78. The van der Waals surface area contributed by atoms with Gasteiger partial charge in [-0.25, -0.2) is 0 Å². The minimum Gasteiger partial charge on any atom is -0.0808 e. The summed E-state index contributed by atoms with van der Waals surface area (Å²) in [6, 6.07) is 0. The Kier molecular flexibility index (Phi) is 4.50. The van der Waals surface area contributed by atoms with Crippen LogP contribution in [-0.4, -0.2) is 0 Å². The molecule has 0 aromatic rings. The highest BCUT2D eigenvalue weighted by Gasteiger charge is 2.26. The highest BCUT2D eigenvalue weighted by atomic mass is 14.3. The summed E-state index contributed by atoms with van der Waals surface area (Å²) >= 11 is 0. The Morgan fingerprint density at radius 1 is 0.600 bits per heavy atom. The number of hydrogen-bond acceptors (Lipinski definition) is 0. The molecule has 0 N–H and O–H groups in total. The Morgan fingerprint density at radius 2 is 1.00 bits per heavy atom. The van der Waals surface area contributed by atoms with E-state index >= 15 is 0 Å². The predicted molar refractivity (Wildman–Crippen MR) is 66.8 cm³/mol. The van der Waals surface area contributed by atoms with Crippen LogP contribution in [0.5, 0.6) is 0 Å². The third-order valence-corrected chi connectivity index (χ3v) is 4.12. The topological polar surface area (TPSA) is 0 Å². The van der Waals surface area contributed by atoms with Gasteiger partial charge in [-0.15, -0.1) is 0 Å². The summed E-state index contributed by atoms with van der Waals surface area (Å²) in [6.45, 7) is 0. The van der Waals surface area contributed by atoms with Crippen LogP contribution in [0.15, 0.2) is 24.3 Å². The summed E-state index contributed by atoms with van der Waals surface area (Å²) in [4.78, 5) is 0. The van der Waals surface area contributed by atoms with Crippen molar-refractivity contribution < 1.29 is 0 Å². The van der Waals surface area contributed by atoms with Crippen LogP contribution in [0.2, 0.25) is 0 Å². The lowest BCUT2D eigenvalue weighted by molar-refractivity contribution is 0.347. The molecule has 0 nitrogen and oxygen atoms in total. The van der Waals surface area contributed by atoms with Crippen LogP contribution in [-0.2, 0) is 0 Å². The lowest BCUT2D eigenvalue weighted by Crippen LogP contribution is -2.06. The Balaban J connectivity index is 0.000000144. The maximum atomic E-state index is 2.12. The first-order chi connectivity index (χ1) is 7.47. The molecule has 0 amide bonds. The van der Waals surface area contributed by atoms with Crippen molar-refractivity contribution in [1.29, 1.82) is 0 Å². The summed E-state index contributed by atoms with van der Waals surface area (Å²) in [5.41, 5.74) is 0. The van der Waals surface area contributed by atoms with E-state index in [1.807, 2.05) is 0 Å². The van der Waals surface area contributed by atoms with Crippen LogP contribution in [0.25, 0.3) is 0 Å². The van der Waals surface area contributed by atoms with Crippen molar-refractivity contribution in [1.82, 2.24) is 0 Å². The van der Waals surface area contributed by atoms with E-state index in [0.29, 0.717) is 0 Å². The molecule has 3 aliphatic carbocycles. The largest absolute Gasteiger partial charge is 0.0808 e. The SMILES string of the molecule is C1=CCC=C1.C1CCC(C2CCCC2)C1. The zero-order chi connectivity index (χ0) is 10.3. The van der Waals surface area contributed by atoms with Crippen LogP contribution >= 0.6 is 0 Å². The Labute approximate surface area is 94.5 Å². The van der Waals surface area contributed by atoms with Gasteiger partial charge in [0, 0.05) is 0 Å². The van der Waals surface area contributed by atoms with Crippen molar-refractivity contribution in [3.8, 4) is 0 Å². The third kappa shape index (κ3) is 3.52. The Bertz CT molecular complexity index is 188. The van der Waals surface area contributed by atoms with Crippen LogP contribution < -0.4 is 0 Å². The summed E-state index contributed by atoms with van der Waals surface area (Å²) in [5.74, 6) is 2.31. The van der Waals surface area contributed by atoms with Crippen molar-refractivity contribution in [3.05, 3.63) is 24.3 Å². The first kappa shape index (κ1) is 11.0. The van der Waals surface area contributed by atoms with Crippen molar-refractivity contribution in [3.63, 3.8) is 0 Å². The van der Waals surface area contributed by atoms with Gasteiger partial charge in [-0.05, 0) is 18.3 Å². The van der Waals surface area contributed by atoms with Crippen molar-refractivity contribution in [2.45, 2.75) is 57.8 Å². The summed E-state index contributed by atoms with van der Waals surface area (Å²) in [5, 5.41) is 0. The molecule has 0 saturated heterocycles. The van der Waals surface area contributed by atoms with Gasteiger partial charge in [-0.3, -0.25) is 0 Å². The Hall–Kier alpha value is -0.520. The molecule has 0 aromatic carbocycles. The first-order valence-corrected chi connectivity index (χ1v) is 6.78. The van der Waals surface area contributed by atoms with Gasteiger partial charge in [0.25, 0.3) is 0 Å². The fourth-order valence-corrected chi connectivity index (χ4v) is 3.25. The second kappa shape index (κ2) is 6.15. The number of hydrogen-bond donors (Lipinski definition) is 0. The van der Waals surface area contributed by atoms with Gasteiger partial charge in [0.2, 0.25) is 0 Å². The Morgan fingerprint density at radius 3 is 1.27 bits per heavy atom. The van der Waals surface area contributed by atoms with Gasteiger partial charge >= 0.3 is 0 Å². The van der Waals surface area contributed by atoms with E-state index in [1.165, 1.54) is 25.7 Å². The monoisotopic (exact) mass is 204 g/mol. The molecular formula is C15H24. The summed E-state index contributed by atoms with van der Waals surface area (Å²) in [6.07, 6.45) is 21.9. The molecule has 3 rings (SSSR count). The molecule has 0 radical (unpaired) electrons. The smallest absolute Gasteiger partial charge is 0.0163 e. The normalized spacial score (nSPS) is 25.9. The van der Waals surface area contributed by atoms with Crippen molar-refractivity contribution in [2.24, 2.45) is 11.8 Å². The molecule has 0 aliphatic heterocycles. The van der Waals surface area contributed by atoms with Gasteiger partial charge in [0.1, 0.15) is 0 Å². The second-order valence-electron chi connectivity index (χ2n) is 5.18. The lowest BCUT2D eigenvalue weighted by Gasteiger charge is -2.16. The van der Waals surface area contributed by atoms with Gasteiger partial charge in [-0.2, -0.15) is 0 Å². The molecule has 2 fully saturated rings. The minimum absolute atomic E-state index is 1.14. The third-order valence-electron chi connectivity index (χ3n) is 4.12. The standard InChI is InChI=1S/C10H18.C5H6/c1-2-6-9(5-1)10-7-3-4-8-10;1-2-4-5-3-1/h9-10H,1-8H2;1-4H,5H2. The van der Waals surface area contributed by atoms with E-state index in [9.17, 15) is 0 Å². The molecule has 3 aliphatic rings. The minimum atomic E-state index is 1.14. The van der Waals surface area contributed by atoms with E-state index in [0.717, 1.165) is 18.3 Å². The van der Waals surface area contributed by atoms with E-state index in [4.69, 9.17) is 0 Å². The van der Waals surface area contributed by atoms with Gasteiger partial charge in [0.05, 0.1) is 0 Å². The van der Waals surface area contributed by atoms with Crippen LogP contribution in [0.1, 0.15) is 57.8 Å². The van der Waals surface area contributed by atoms with Crippen LogP contribution in [0.4, 0.5) is 0 Å². The predicted octanol–water partition coefficient (Wildman–Crippen LogP) is 4.87. The molecule has 15 heavy (non-hydrogen) atoms. The number of rotatable bonds is 1. The highest BCUT2D eigenvalue weighted by Crippen LogP contribution is 2.39. The zero-order valence-corrected chi connectivity index (χ0v) is 9.83. The maximum Gasteiger partial charge on any atom is -0.0163 e. The molecule has 0 heterocycles. The maximum absolute atomic E-state index is 2.12. The second-order valence-corrected chi connectivity index (χ2v) is 5.18. The molecule has 0 atom stereocenters. The summed E-state index contributed by atoms with van der Waals surface area (Å²) in [7, 11) is 0. The summed E-state index contributed by atoms with van der Waals surface area (Å²) < 4.78 is 0. The average molecular weight is 204 g/mol. The average Bonchev–Trinajstić information content (AvgIpc) is 3.06. The van der Waals surface area contributed by atoms with E-state index < -0.39 is 0 Å². The highest BCUT2D eigenvalue weighted by molar-refractivity contribution is 5.11. The van der Waals surface area contributed by atoms with Gasteiger partial charge in [0.15, 0.2) is 0 Å². The fourth-order valence-electron chi connectivity index (χ4n) is 3.25. The zero-order valence-electron chi connectivity index (χ0n) is 9.83. The van der Waals surface area contributed by atoms with Gasteiger partial charge < -0.3 is 0 Å². The molecule has 84 valence electrons. The van der Waals surface area contributed by atoms with Crippen LogP contribution in [0.3, 0.4) is 0 Å². The molecular weight excluding hydrogens is 180 g/mol. The molecule has 0 spiro atoms. The molecule has 0 unspecified atom stereocenters. The lowest BCUT2D eigenvalue weighted by atomic mass is 9.90. The molecule has 0 aromatic heterocycles. The molecule has 2 saturated carbocycles. The van der Waals surface area contributed by atoms with E-state index in [1.54, 1.807) is 25.7 Å². The number of allylic oxidation sites excluding steroid dienone is 4. The van der Waals surface area contributed by atoms with Crippen molar-refractivity contribution >= 4 is 0 Å². The molecule has 0 bridgehead atoms. The molecule has 0 heteroatoms.